The Morgan fingerprint density at radius 1 is 1.32 bits per heavy atom. The van der Waals surface area contributed by atoms with E-state index in [-0.39, 0.29) is 11.9 Å². The number of aryl methyl sites for hydroxylation is 2. The van der Waals surface area contributed by atoms with Crippen molar-refractivity contribution < 1.29 is 4.39 Å². The molecular formula is C15H20FN3. The van der Waals surface area contributed by atoms with Gasteiger partial charge < -0.3 is 5.32 Å². The first kappa shape index (κ1) is 13.7. The molecule has 0 saturated carbocycles. The number of hydrogen-bond acceptors (Lipinski definition) is 2. The van der Waals surface area contributed by atoms with Crippen LogP contribution in [0.2, 0.25) is 0 Å². The Balaban J connectivity index is 2.35. The van der Waals surface area contributed by atoms with Gasteiger partial charge in [-0.3, -0.25) is 4.68 Å². The maximum atomic E-state index is 13.0. The second-order valence-electron chi connectivity index (χ2n) is 4.77. The van der Waals surface area contributed by atoms with E-state index in [0.717, 1.165) is 29.9 Å². The van der Waals surface area contributed by atoms with Gasteiger partial charge in [0.15, 0.2) is 0 Å². The molecule has 0 saturated heterocycles. The third-order valence-corrected chi connectivity index (χ3v) is 3.14. The predicted molar refractivity (Wildman–Crippen MR) is 74.5 cm³/mol. The molecule has 0 bridgehead atoms. The molecule has 0 aliphatic rings. The standard InChI is InChI=1S/C15H20FN3/c1-4-9-17-15(12-5-7-13(16)8-6-12)14-10-11(2)18-19(14)3/h5-8,10,15,17H,4,9H2,1-3H3. The molecule has 2 aromatic rings. The molecule has 1 aromatic carbocycles. The number of halogens is 1. The van der Waals surface area contributed by atoms with E-state index in [0.29, 0.717) is 0 Å². The lowest BCUT2D eigenvalue weighted by Crippen LogP contribution is -2.25. The first-order valence-electron chi connectivity index (χ1n) is 6.61. The normalized spacial score (nSPS) is 12.6. The number of hydrogen-bond donors (Lipinski definition) is 1. The molecule has 19 heavy (non-hydrogen) atoms. The average Bonchev–Trinajstić information content (AvgIpc) is 2.71. The molecule has 3 nitrogen and oxygen atoms in total. The molecule has 0 spiro atoms. The van der Waals surface area contributed by atoms with E-state index in [9.17, 15) is 4.39 Å². The summed E-state index contributed by atoms with van der Waals surface area (Å²) in [6.45, 7) is 5.01. The number of aromatic nitrogens is 2. The largest absolute Gasteiger partial charge is 0.305 e. The number of nitrogens with zero attached hydrogens (tertiary/aromatic N) is 2. The Labute approximate surface area is 113 Å². The van der Waals surface area contributed by atoms with Crippen molar-refractivity contribution in [3.05, 3.63) is 53.1 Å². The molecule has 4 heteroatoms. The third kappa shape index (κ3) is 3.20. The summed E-state index contributed by atoms with van der Waals surface area (Å²) >= 11 is 0. The topological polar surface area (TPSA) is 29.9 Å². The van der Waals surface area contributed by atoms with E-state index >= 15 is 0 Å². The zero-order valence-electron chi connectivity index (χ0n) is 11.7. The van der Waals surface area contributed by atoms with Gasteiger partial charge in [0.05, 0.1) is 17.4 Å². The molecule has 2 rings (SSSR count). The summed E-state index contributed by atoms with van der Waals surface area (Å²) < 4.78 is 14.9. The highest BCUT2D eigenvalue weighted by molar-refractivity contribution is 5.29. The van der Waals surface area contributed by atoms with Crippen LogP contribution in [0.4, 0.5) is 4.39 Å². The van der Waals surface area contributed by atoms with Gasteiger partial charge in [0.2, 0.25) is 0 Å². The SMILES string of the molecule is CCCNC(c1ccc(F)cc1)c1cc(C)nn1C. The molecule has 0 amide bonds. The van der Waals surface area contributed by atoms with Gasteiger partial charge in [-0.2, -0.15) is 5.10 Å². The molecule has 0 radical (unpaired) electrons. The molecular weight excluding hydrogens is 241 g/mol. The van der Waals surface area contributed by atoms with Crippen molar-refractivity contribution in [1.82, 2.24) is 15.1 Å². The molecule has 1 atom stereocenters. The van der Waals surface area contributed by atoms with Crippen LogP contribution >= 0.6 is 0 Å². The molecule has 1 aromatic heterocycles. The summed E-state index contributed by atoms with van der Waals surface area (Å²) in [7, 11) is 1.94. The van der Waals surface area contributed by atoms with Crippen LogP contribution in [0, 0.1) is 12.7 Å². The highest BCUT2D eigenvalue weighted by Crippen LogP contribution is 2.22. The number of benzene rings is 1. The van der Waals surface area contributed by atoms with E-state index in [1.54, 1.807) is 0 Å². The highest BCUT2D eigenvalue weighted by atomic mass is 19.1. The Morgan fingerprint density at radius 2 is 2.00 bits per heavy atom. The van der Waals surface area contributed by atoms with Crippen LogP contribution in [0.3, 0.4) is 0 Å². The first-order valence-corrected chi connectivity index (χ1v) is 6.61. The third-order valence-electron chi connectivity index (χ3n) is 3.14. The number of nitrogens with one attached hydrogen (secondary N) is 1. The summed E-state index contributed by atoms with van der Waals surface area (Å²) in [6, 6.07) is 8.76. The summed E-state index contributed by atoms with van der Waals surface area (Å²) in [5, 5.41) is 7.88. The van der Waals surface area contributed by atoms with Crippen molar-refractivity contribution in [2.24, 2.45) is 7.05 Å². The monoisotopic (exact) mass is 261 g/mol. The van der Waals surface area contributed by atoms with Crippen LogP contribution in [0.1, 0.15) is 36.3 Å². The maximum Gasteiger partial charge on any atom is 0.123 e. The lowest BCUT2D eigenvalue weighted by molar-refractivity contribution is 0.551. The summed E-state index contributed by atoms with van der Waals surface area (Å²) in [5.74, 6) is -0.209. The van der Waals surface area contributed by atoms with E-state index in [2.05, 4.69) is 23.4 Å². The zero-order chi connectivity index (χ0) is 13.8. The van der Waals surface area contributed by atoms with Gasteiger partial charge in [-0.05, 0) is 43.7 Å². The fraction of sp³-hybridized carbons (Fsp3) is 0.400. The number of rotatable bonds is 5. The van der Waals surface area contributed by atoms with E-state index < -0.39 is 0 Å². The predicted octanol–water partition coefficient (Wildman–Crippen LogP) is 2.96. The summed E-state index contributed by atoms with van der Waals surface area (Å²) in [6.07, 6.45) is 1.05. The lowest BCUT2D eigenvalue weighted by atomic mass is 10.0. The maximum absolute atomic E-state index is 13.0. The van der Waals surface area contributed by atoms with Crippen LogP contribution < -0.4 is 5.32 Å². The Morgan fingerprint density at radius 3 is 2.53 bits per heavy atom. The van der Waals surface area contributed by atoms with E-state index in [1.807, 2.05) is 30.8 Å². The average molecular weight is 261 g/mol. The van der Waals surface area contributed by atoms with Crippen LogP contribution in [0.15, 0.2) is 30.3 Å². The van der Waals surface area contributed by atoms with Gasteiger partial charge in [0.1, 0.15) is 5.82 Å². The molecule has 0 fully saturated rings. The highest BCUT2D eigenvalue weighted by Gasteiger charge is 2.17. The van der Waals surface area contributed by atoms with Gasteiger partial charge in [-0.15, -0.1) is 0 Å². The van der Waals surface area contributed by atoms with Crippen molar-refractivity contribution >= 4 is 0 Å². The van der Waals surface area contributed by atoms with Crippen LogP contribution in [-0.2, 0) is 7.05 Å². The minimum Gasteiger partial charge on any atom is -0.305 e. The van der Waals surface area contributed by atoms with Crippen LogP contribution in [0.5, 0.6) is 0 Å². The van der Waals surface area contributed by atoms with Gasteiger partial charge in [0.25, 0.3) is 0 Å². The van der Waals surface area contributed by atoms with Gasteiger partial charge in [0, 0.05) is 7.05 Å². The zero-order valence-corrected chi connectivity index (χ0v) is 11.7. The quantitative estimate of drug-likeness (QED) is 0.896. The Bertz CT molecular complexity index is 531. The van der Waals surface area contributed by atoms with E-state index in [4.69, 9.17) is 0 Å². The molecule has 1 unspecified atom stereocenters. The second kappa shape index (κ2) is 5.97. The molecule has 1 heterocycles. The summed E-state index contributed by atoms with van der Waals surface area (Å²) in [5.41, 5.74) is 3.14. The van der Waals surface area contributed by atoms with Crippen LogP contribution in [-0.4, -0.2) is 16.3 Å². The van der Waals surface area contributed by atoms with Crippen molar-refractivity contribution in [1.29, 1.82) is 0 Å². The van der Waals surface area contributed by atoms with Crippen molar-refractivity contribution in [3.63, 3.8) is 0 Å². The molecule has 102 valence electrons. The second-order valence-corrected chi connectivity index (χ2v) is 4.77. The van der Waals surface area contributed by atoms with Crippen molar-refractivity contribution in [3.8, 4) is 0 Å². The summed E-state index contributed by atoms with van der Waals surface area (Å²) in [4.78, 5) is 0. The Hall–Kier alpha value is -1.68. The smallest absolute Gasteiger partial charge is 0.123 e. The fourth-order valence-corrected chi connectivity index (χ4v) is 2.24. The fourth-order valence-electron chi connectivity index (χ4n) is 2.24. The molecule has 0 aliphatic heterocycles. The first-order chi connectivity index (χ1) is 9.11. The molecule has 0 aliphatic carbocycles. The van der Waals surface area contributed by atoms with Crippen molar-refractivity contribution in [2.75, 3.05) is 6.54 Å². The minimum atomic E-state index is -0.209. The molecule has 1 N–H and O–H groups in total. The van der Waals surface area contributed by atoms with Gasteiger partial charge in [-0.1, -0.05) is 19.1 Å². The van der Waals surface area contributed by atoms with Crippen LogP contribution in [0.25, 0.3) is 0 Å². The van der Waals surface area contributed by atoms with Gasteiger partial charge >= 0.3 is 0 Å². The van der Waals surface area contributed by atoms with E-state index in [1.165, 1.54) is 12.1 Å². The minimum absolute atomic E-state index is 0.0479. The lowest BCUT2D eigenvalue weighted by Gasteiger charge is -2.19. The van der Waals surface area contributed by atoms with Gasteiger partial charge in [-0.25, -0.2) is 4.39 Å². The van der Waals surface area contributed by atoms with Crippen molar-refractivity contribution in [2.45, 2.75) is 26.3 Å². The Kier molecular flexibility index (Phi) is 4.32.